The standard InChI is InChI=1S/C25H26N2O4S/c1-17-15-21-16-20(25(28)26-18(2)19-9-12-22(31-3)13-10-19)11-14-24(21)27(17)32(29,30)23-7-5-4-6-8-23/h4-14,16-18H,15H2,1-3H3,(H,26,28)/t17-,18-/m0/s1. The summed E-state index contributed by atoms with van der Waals surface area (Å²) in [7, 11) is -2.06. The van der Waals surface area contributed by atoms with Gasteiger partial charge in [-0.15, -0.1) is 0 Å². The summed E-state index contributed by atoms with van der Waals surface area (Å²) in [5, 5.41) is 3.01. The zero-order chi connectivity index (χ0) is 22.9. The summed E-state index contributed by atoms with van der Waals surface area (Å²) in [5.74, 6) is 0.558. The number of carbonyl (C=O) groups excluding carboxylic acids is 1. The maximum atomic E-state index is 13.2. The van der Waals surface area contributed by atoms with Crippen molar-refractivity contribution in [3.63, 3.8) is 0 Å². The molecule has 1 amide bonds. The molecule has 2 atom stereocenters. The number of hydrogen-bond acceptors (Lipinski definition) is 4. The highest BCUT2D eigenvalue weighted by atomic mass is 32.2. The van der Waals surface area contributed by atoms with Crippen molar-refractivity contribution in [2.75, 3.05) is 11.4 Å². The molecule has 0 aliphatic carbocycles. The van der Waals surface area contributed by atoms with E-state index in [0.717, 1.165) is 16.9 Å². The number of nitrogens with one attached hydrogen (secondary N) is 1. The largest absolute Gasteiger partial charge is 0.497 e. The Hall–Kier alpha value is -3.32. The Morgan fingerprint density at radius 3 is 2.41 bits per heavy atom. The third-order valence-electron chi connectivity index (χ3n) is 5.76. The number of benzene rings is 3. The smallest absolute Gasteiger partial charge is 0.264 e. The molecule has 3 aromatic rings. The molecule has 1 N–H and O–H groups in total. The summed E-state index contributed by atoms with van der Waals surface area (Å²) in [6.45, 7) is 3.80. The Labute approximate surface area is 188 Å². The zero-order valence-corrected chi connectivity index (χ0v) is 19.1. The van der Waals surface area contributed by atoms with Gasteiger partial charge in [0.25, 0.3) is 15.9 Å². The van der Waals surface area contributed by atoms with Crippen molar-refractivity contribution in [2.45, 2.75) is 37.2 Å². The minimum atomic E-state index is -3.67. The zero-order valence-electron chi connectivity index (χ0n) is 18.3. The Balaban J connectivity index is 1.55. The van der Waals surface area contributed by atoms with E-state index in [1.807, 2.05) is 38.1 Å². The second-order valence-corrected chi connectivity index (χ2v) is 9.79. The summed E-state index contributed by atoms with van der Waals surface area (Å²) in [6.07, 6.45) is 0.552. The number of anilines is 1. The van der Waals surface area contributed by atoms with E-state index in [2.05, 4.69) is 5.32 Å². The molecular weight excluding hydrogens is 424 g/mol. The maximum Gasteiger partial charge on any atom is 0.264 e. The minimum absolute atomic E-state index is 0.185. The molecule has 7 heteroatoms. The van der Waals surface area contributed by atoms with Crippen molar-refractivity contribution in [3.05, 3.63) is 89.5 Å². The molecule has 0 aromatic heterocycles. The first-order chi connectivity index (χ1) is 15.3. The van der Waals surface area contributed by atoms with Crippen LogP contribution in [0.5, 0.6) is 5.75 Å². The number of methoxy groups -OCH3 is 1. The van der Waals surface area contributed by atoms with Crippen LogP contribution >= 0.6 is 0 Å². The first kappa shape index (κ1) is 21.9. The fraction of sp³-hybridized carbons (Fsp3) is 0.240. The summed E-state index contributed by atoms with van der Waals surface area (Å²) >= 11 is 0. The number of carbonyl (C=O) groups is 1. The predicted octanol–water partition coefficient (Wildman–Crippen LogP) is 4.33. The van der Waals surface area contributed by atoms with Crippen LogP contribution in [0.1, 0.15) is 41.4 Å². The lowest BCUT2D eigenvalue weighted by molar-refractivity contribution is 0.0940. The summed E-state index contributed by atoms with van der Waals surface area (Å²) in [6, 6.07) is 20.8. The van der Waals surface area contributed by atoms with Crippen LogP contribution in [-0.4, -0.2) is 27.5 Å². The first-order valence-corrected chi connectivity index (χ1v) is 11.9. The predicted molar refractivity (Wildman–Crippen MR) is 125 cm³/mol. The molecule has 0 radical (unpaired) electrons. The van der Waals surface area contributed by atoms with Gasteiger partial charge in [0.1, 0.15) is 5.75 Å². The van der Waals surface area contributed by atoms with Crippen molar-refractivity contribution in [3.8, 4) is 5.75 Å². The summed E-state index contributed by atoms with van der Waals surface area (Å²) in [5.41, 5.74) is 2.95. The van der Waals surface area contributed by atoms with Gasteiger partial charge in [-0.25, -0.2) is 8.42 Å². The molecule has 0 spiro atoms. The third kappa shape index (κ3) is 4.08. The van der Waals surface area contributed by atoms with E-state index in [1.54, 1.807) is 55.6 Å². The SMILES string of the molecule is COc1ccc([C@H](C)NC(=O)c2ccc3c(c2)C[C@H](C)N3S(=O)(=O)c2ccccc2)cc1. The Kier molecular flexibility index (Phi) is 5.93. The van der Waals surface area contributed by atoms with Crippen molar-refractivity contribution in [1.82, 2.24) is 5.32 Å². The number of fused-ring (bicyclic) bond motifs is 1. The van der Waals surface area contributed by atoms with Gasteiger partial charge in [-0.1, -0.05) is 30.3 Å². The van der Waals surface area contributed by atoms with Gasteiger partial charge in [-0.05, 0) is 73.9 Å². The first-order valence-electron chi connectivity index (χ1n) is 10.5. The van der Waals surface area contributed by atoms with Crippen LogP contribution in [0.2, 0.25) is 0 Å². The van der Waals surface area contributed by atoms with Crippen LogP contribution in [0.3, 0.4) is 0 Å². The lowest BCUT2D eigenvalue weighted by Crippen LogP contribution is -2.35. The summed E-state index contributed by atoms with van der Waals surface area (Å²) < 4.78 is 33.1. The second-order valence-electron chi connectivity index (χ2n) is 7.98. The lowest BCUT2D eigenvalue weighted by atomic mass is 10.0. The molecule has 0 unspecified atom stereocenters. The molecule has 0 bridgehead atoms. The van der Waals surface area contributed by atoms with Crippen LogP contribution in [0, 0.1) is 0 Å². The quantitative estimate of drug-likeness (QED) is 0.607. The van der Waals surface area contributed by atoms with Crippen molar-refractivity contribution >= 4 is 21.6 Å². The topological polar surface area (TPSA) is 75.7 Å². The number of hydrogen-bond donors (Lipinski definition) is 1. The molecule has 1 aliphatic heterocycles. The maximum absolute atomic E-state index is 13.2. The highest BCUT2D eigenvalue weighted by Crippen LogP contribution is 2.37. The molecule has 6 nitrogen and oxygen atoms in total. The molecule has 166 valence electrons. The molecule has 0 fully saturated rings. The second kappa shape index (κ2) is 8.67. The van der Waals surface area contributed by atoms with Crippen LogP contribution in [0.15, 0.2) is 77.7 Å². The fourth-order valence-electron chi connectivity index (χ4n) is 4.07. The molecule has 1 aliphatic rings. The van der Waals surface area contributed by atoms with E-state index < -0.39 is 10.0 Å². The van der Waals surface area contributed by atoms with Gasteiger partial charge in [0.15, 0.2) is 0 Å². The minimum Gasteiger partial charge on any atom is -0.497 e. The van der Waals surface area contributed by atoms with Crippen molar-refractivity contribution in [2.24, 2.45) is 0 Å². The lowest BCUT2D eigenvalue weighted by Gasteiger charge is -2.24. The molecule has 32 heavy (non-hydrogen) atoms. The average Bonchev–Trinajstić information content (AvgIpc) is 3.15. The number of nitrogens with zero attached hydrogens (tertiary/aromatic N) is 1. The van der Waals surface area contributed by atoms with Crippen LogP contribution in [-0.2, 0) is 16.4 Å². The van der Waals surface area contributed by atoms with Crippen molar-refractivity contribution in [1.29, 1.82) is 0 Å². The number of sulfonamides is 1. The molecule has 4 rings (SSSR count). The molecule has 0 saturated carbocycles. The van der Waals surface area contributed by atoms with Gasteiger partial charge in [0, 0.05) is 11.6 Å². The Bertz CT molecular complexity index is 1220. The van der Waals surface area contributed by atoms with Crippen LogP contribution in [0.4, 0.5) is 5.69 Å². The van der Waals surface area contributed by atoms with E-state index in [-0.39, 0.29) is 22.9 Å². The van der Waals surface area contributed by atoms with Gasteiger partial charge >= 0.3 is 0 Å². The van der Waals surface area contributed by atoms with Gasteiger partial charge in [-0.3, -0.25) is 9.10 Å². The van der Waals surface area contributed by atoms with Gasteiger partial charge in [-0.2, -0.15) is 0 Å². The van der Waals surface area contributed by atoms with Crippen LogP contribution in [0.25, 0.3) is 0 Å². The van der Waals surface area contributed by atoms with Crippen molar-refractivity contribution < 1.29 is 17.9 Å². The highest BCUT2D eigenvalue weighted by Gasteiger charge is 2.36. The monoisotopic (exact) mass is 450 g/mol. The van der Waals surface area contributed by atoms with Gasteiger partial charge < -0.3 is 10.1 Å². The van der Waals surface area contributed by atoms with E-state index in [4.69, 9.17) is 4.74 Å². The summed E-state index contributed by atoms with van der Waals surface area (Å²) in [4.78, 5) is 13.1. The average molecular weight is 451 g/mol. The molecular formula is C25H26N2O4S. The Morgan fingerprint density at radius 2 is 1.75 bits per heavy atom. The Morgan fingerprint density at radius 1 is 1.06 bits per heavy atom. The molecule has 1 heterocycles. The van der Waals surface area contributed by atoms with Gasteiger partial charge in [0.05, 0.1) is 23.7 Å². The number of rotatable bonds is 6. The van der Waals surface area contributed by atoms with Gasteiger partial charge in [0.2, 0.25) is 0 Å². The number of amides is 1. The molecule has 3 aromatic carbocycles. The normalized spacial score (nSPS) is 16.3. The molecule has 0 saturated heterocycles. The third-order valence-corrected chi connectivity index (χ3v) is 7.70. The fourth-order valence-corrected chi connectivity index (χ4v) is 5.79. The highest BCUT2D eigenvalue weighted by molar-refractivity contribution is 7.92. The van der Waals surface area contributed by atoms with E-state index in [9.17, 15) is 13.2 Å². The number of ether oxygens (including phenoxy) is 1. The van der Waals surface area contributed by atoms with Crippen LogP contribution < -0.4 is 14.4 Å². The van der Waals surface area contributed by atoms with E-state index in [0.29, 0.717) is 17.7 Å². The van der Waals surface area contributed by atoms with E-state index >= 15 is 0 Å². The van der Waals surface area contributed by atoms with E-state index in [1.165, 1.54) is 4.31 Å².